The molecule has 12 aromatic carbocycles. The fraction of sp³-hybridized carbons (Fsp3) is 0.257. The van der Waals surface area contributed by atoms with Gasteiger partial charge in [-0.05, 0) is 317 Å². The number of nitrogens with one attached hydrogen (secondary N) is 9. The number of hydrogen-bond donors (Lipinski definition) is 12. The normalized spacial score (nSPS) is 10.4. The SMILES string of the molecule is COc1ccccc1OCCN(CCCc1c[nH]c2ccc(F)cc12)Cc1ccccc1.COc1ccccc1OCCNCCCc1c[nH]c2ccc(F)cc12.COc1ccccc1OCCNCc1ccccc1.Cl.Fc1ccc2[nH]cc(CCCBr)c2c1.NCCCc1c[nH]c2ccc(F)cc12.NNc1ccc(F)cc1.OCCCc1c[nH]c2ccc(F)cc12.[N-]=[N+]=NCCCc1c[nH]c2ccc(F)cc12.[N-]=[N+]=[N-].[Na+]. The van der Waals surface area contributed by atoms with Crippen molar-refractivity contribution < 1.29 is 93.8 Å². The van der Waals surface area contributed by atoms with Crippen LogP contribution in [0.15, 0.2) is 309 Å². The van der Waals surface area contributed by atoms with E-state index in [-0.39, 0.29) is 89.3 Å². The summed E-state index contributed by atoms with van der Waals surface area (Å²) in [6.07, 6.45) is 22.3. The molecule has 14 N–H and O–H groups in total. The first-order valence-corrected chi connectivity index (χ1v) is 49.1. The fourth-order valence-corrected chi connectivity index (χ4v) is 16.1. The number of rotatable bonds is 41. The molecule has 0 saturated heterocycles. The number of benzene rings is 12. The maximum atomic E-state index is 13.7. The Labute approximate surface area is 893 Å². The van der Waals surface area contributed by atoms with Crippen LogP contribution in [-0.4, -0.2) is 139 Å². The standard InChI is InChI=1S/C27H29FN2O2.C20H23FN2O2.C16H19NO2.C11H11BrFN.C11H11FN4.C11H13FN2.C11H12FNO.C6H7FN2.ClH.N3.Na/c1-31-26-11-5-6-12-27(26)32-17-16-30(20-21-8-3-2-4-9-21)15-7-10-22-19-29-25-14-13-23(28)18-24(22)25;1-24-19-6-2-3-7-20(19)25-12-11-22-10-4-5-15-14-23-18-9-8-16(21)13-17(15)18;1-18-15-9-5-6-10-16(15)19-12-11-17-13-14-7-3-2-4-8-14;12-5-1-2-8-7-14-11-4-3-9(13)6-10(8)11;12-9-3-4-11-10(6-9)8(7-14-11)2-1-5-15-16-13;12-9-3-4-11-10(6-9)8(7-14-11)2-1-5-13;12-9-3-4-11-10(6-9)8(7-13-11)2-1-5-14;7-5-1-3-6(9-8)4-2-5;;1-3-2;/h2-6,8-9,11-14,18-19,29H,7,10,15-17,20H2,1H3;2-3,6-9,13-14,22-23H,4-5,10-12H2,1H3;2-10,17H,11-13H2,1H3;3-4,6-7,14H,1-2,5H2;3-4,6-7,14H,1-2,5H2;3-4,6-7,14H,1-2,5,13H2;3-4,6-7,13-14H,1-2,5H2;1-4,9H,8H2;1H;;/q;;;;;;;;;-1;+1. The Morgan fingerprint density at radius 2 is 0.689 bits per heavy atom. The number of hydrazine groups is 1. The first-order valence-electron chi connectivity index (χ1n) is 48.0. The number of aromatic nitrogens is 6. The van der Waals surface area contributed by atoms with Gasteiger partial charge < -0.3 is 96.3 Å². The monoisotopic (exact) mass is 2120 g/mol. The van der Waals surface area contributed by atoms with Crippen LogP contribution in [0.3, 0.4) is 0 Å². The number of hydrogen-bond acceptors (Lipinski definition) is 14. The molecule has 0 aliphatic rings. The van der Waals surface area contributed by atoms with Crippen molar-refractivity contribution >= 4 is 99.4 Å². The smallest absolute Gasteiger partial charge is 0.493 e. The Bertz CT molecular complexity index is 6760. The number of aryl methyl sites for hydroxylation is 6. The van der Waals surface area contributed by atoms with Crippen molar-refractivity contribution in [2.75, 3.05) is 104 Å². The third-order valence-corrected chi connectivity index (χ3v) is 23.6. The number of aliphatic hydroxyl groups is 1. The minimum absolute atomic E-state index is 0. The molecule has 0 unspecified atom stereocenters. The molecule has 18 aromatic rings. The Morgan fingerprint density at radius 3 is 1.04 bits per heavy atom. The summed E-state index contributed by atoms with van der Waals surface area (Å²) in [6, 6.07) is 78.4. The summed E-state index contributed by atoms with van der Waals surface area (Å²) in [7, 11) is 4.94. The Balaban J connectivity index is 0.000000210. The molecule has 0 amide bonds. The molecule has 25 nitrogen and oxygen atoms in total. The van der Waals surface area contributed by atoms with Crippen LogP contribution in [-0.2, 0) is 51.6 Å². The summed E-state index contributed by atoms with van der Waals surface area (Å²) >= 11 is 3.39. The van der Waals surface area contributed by atoms with Gasteiger partial charge in [-0.1, -0.05) is 118 Å². The van der Waals surface area contributed by atoms with E-state index < -0.39 is 0 Å². The second-order valence-corrected chi connectivity index (χ2v) is 34.0. The van der Waals surface area contributed by atoms with Crippen LogP contribution in [0.5, 0.6) is 34.5 Å². The predicted octanol–water partition coefficient (Wildman–Crippen LogP) is 23.6. The predicted molar refractivity (Wildman–Crippen MR) is 583 cm³/mol. The van der Waals surface area contributed by atoms with Crippen molar-refractivity contribution in [1.29, 1.82) is 0 Å². The average Bonchev–Trinajstić information content (AvgIpc) is 1.71. The third kappa shape index (κ3) is 40.4. The quantitative estimate of drug-likeness (QED) is 0.00195. The molecule has 0 radical (unpaired) electrons. The number of halogens is 9. The van der Waals surface area contributed by atoms with Crippen LogP contribution < -0.4 is 85.6 Å². The van der Waals surface area contributed by atoms with E-state index in [2.05, 4.69) is 113 Å². The summed E-state index contributed by atoms with van der Waals surface area (Å²) in [5.74, 6) is 8.13. The van der Waals surface area contributed by atoms with E-state index in [1.807, 2.05) is 134 Å². The number of aromatic amines is 6. The van der Waals surface area contributed by atoms with Crippen molar-refractivity contribution in [2.24, 2.45) is 16.7 Å². The minimum atomic E-state index is -0.256. The molecule has 0 bridgehead atoms. The van der Waals surface area contributed by atoms with Gasteiger partial charge in [0.2, 0.25) is 0 Å². The molecule has 0 saturated carbocycles. The zero-order valence-corrected chi connectivity index (χ0v) is 87.8. The van der Waals surface area contributed by atoms with Gasteiger partial charge in [-0.2, -0.15) is 0 Å². The molecular formula is C113H126BrClF7N18NaO7. The van der Waals surface area contributed by atoms with Crippen molar-refractivity contribution in [2.45, 2.75) is 90.1 Å². The molecule has 0 aliphatic heterocycles. The molecule has 0 aliphatic carbocycles. The largest absolute Gasteiger partial charge is 1.00 e. The number of nitrogens with two attached hydrogens (primary N) is 2. The number of anilines is 1. The van der Waals surface area contributed by atoms with Crippen LogP contribution in [0.1, 0.15) is 83.0 Å². The number of ether oxygens (including phenoxy) is 6. The zero-order chi connectivity index (χ0) is 104. The maximum absolute atomic E-state index is 13.7. The topological polar surface area (TPSA) is 369 Å². The van der Waals surface area contributed by atoms with Gasteiger partial charge in [-0.3, -0.25) is 15.7 Å². The number of azide groups is 1. The summed E-state index contributed by atoms with van der Waals surface area (Å²) in [6.45, 7) is 8.97. The van der Waals surface area contributed by atoms with Gasteiger partial charge in [0, 0.05) is 164 Å². The molecule has 0 spiro atoms. The van der Waals surface area contributed by atoms with Crippen LogP contribution in [0, 0.1) is 40.7 Å². The minimum Gasteiger partial charge on any atom is -0.493 e. The number of nitrogen functional groups attached to an aromatic ring is 1. The molecule has 6 heterocycles. The van der Waals surface area contributed by atoms with Gasteiger partial charge in [0.1, 0.15) is 60.5 Å². The first-order chi connectivity index (χ1) is 71.4. The Kier molecular flexibility index (Phi) is 54.7. The van der Waals surface area contributed by atoms with E-state index in [9.17, 15) is 30.7 Å². The van der Waals surface area contributed by atoms with Gasteiger partial charge in [-0.25, -0.2) is 30.7 Å². The summed E-state index contributed by atoms with van der Waals surface area (Å²) in [5.41, 5.74) is 45.3. The molecule has 18 rings (SSSR count). The van der Waals surface area contributed by atoms with E-state index in [4.69, 9.17) is 61.7 Å². The van der Waals surface area contributed by atoms with Gasteiger partial charge in [0.15, 0.2) is 34.5 Å². The van der Waals surface area contributed by atoms with Crippen LogP contribution in [0.2, 0.25) is 0 Å². The second-order valence-electron chi connectivity index (χ2n) is 33.2. The molecular weight excluding hydrogens is 1990 g/mol. The summed E-state index contributed by atoms with van der Waals surface area (Å²) < 4.78 is 124. The molecule has 35 heteroatoms. The van der Waals surface area contributed by atoms with E-state index >= 15 is 0 Å². The van der Waals surface area contributed by atoms with Crippen molar-refractivity contribution in [3.63, 3.8) is 0 Å². The molecule has 0 fully saturated rings. The van der Waals surface area contributed by atoms with E-state index in [0.717, 1.165) is 250 Å². The Morgan fingerprint density at radius 1 is 0.372 bits per heavy atom. The van der Waals surface area contributed by atoms with Crippen molar-refractivity contribution in [3.05, 3.63) is 416 Å². The first kappa shape index (κ1) is 119. The molecule has 148 heavy (non-hydrogen) atoms. The summed E-state index contributed by atoms with van der Waals surface area (Å²) in [5, 5.41) is 25.6. The number of methoxy groups -OCH3 is 3. The number of H-pyrrole nitrogens is 6. The number of fused-ring (bicyclic) bond motifs is 6. The summed E-state index contributed by atoms with van der Waals surface area (Å²) in [4.78, 5) is 25.4. The third-order valence-electron chi connectivity index (χ3n) is 23.1. The molecule has 6 aromatic heterocycles. The Hall–Kier alpha value is -13.9. The van der Waals surface area contributed by atoms with Crippen molar-refractivity contribution in [1.82, 2.24) is 45.4 Å². The fourth-order valence-electron chi connectivity index (χ4n) is 15.8. The van der Waals surface area contributed by atoms with Gasteiger partial charge in [-0.15, -0.1) is 12.4 Å². The molecule has 0 atom stereocenters. The average molecular weight is 2120 g/mol. The van der Waals surface area contributed by atoms with Crippen LogP contribution in [0.25, 0.3) is 91.8 Å². The number of alkyl halides is 1. The van der Waals surface area contributed by atoms with E-state index in [0.29, 0.717) is 45.0 Å². The maximum Gasteiger partial charge on any atom is 1.00 e. The van der Waals surface area contributed by atoms with Crippen LogP contribution >= 0.6 is 28.3 Å². The number of para-hydroxylation sites is 6. The number of aliphatic hydroxyl groups excluding tert-OH is 1. The van der Waals surface area contributed by atoms with E-state index in [1.54, 1.807) is 94.1 Å². The second kappa shape index (κ2) is 67.8. The van der Waals surface area contributed by atoms with E-state index in [1.165, 1.54) is 82.3 Å². The van der Waals surface area contributed by atoms with Gasteiger partial charge in [0.25, 0.3) is 0 Å². The van der Waals surface area contributed by atoms with Crippen LogP contribution in [0.4, 0.5) is 36.4 Å². The van der Waals surface area contributed by atoms with Crippen molar-refractivity contribution in [3.8, 4) is 34.5 Å². The van der Waals surface area contributed by atoms with Gasteiger partial charge in [0.05, 0.1) is 21.3 Å². The zero-order valence-electron chi connectivity index (χ0n) is 83.4. The van der Waals surface area contributed by atoms with Gasteiger partial charge >= 0.3 is 29.6 Å². The number of nitrogens with zero attached hydrogens (tertiary/aromatic N) is 7. The molecule has 774 valence electrons.